The molecule has 0 radical (unpaired) electrons. The van der Waals surface area contributed by atoms with E-state index in [4.69, 9.17) is 4.74 Å². The van der Waals surface area contributed by atoms with Crippen molar-refractivity contribution >= 4 is 0 Å². The second kappa shape index (κ2) is 9.69. The molecule has 26 heavy (non-hydrogen) atoms. The summed E-state index contributed by atoms with van der Waals surface area (Å²) in [6.45, 7) is 2.58. The summed E-state index contributed by atoms with van der Waals surface area (Å²) in [4.78, 5) is 0. The van der Waals surface area contributed by atoms with Crippen LogP contribution in [0.15, 0.2) is 30.4 Å². The molecule has 0 spiro atoms. The van der Waals surface area contributed by atoms with Gasteiger partial charge in [0.1, 0.15) is 5.82 Å². The molecule has 0 amide bonds. The summed E-state index contributed by atoms with van der Waals surface area (Å²) in [5.74, 6) is 3.10. The Morgan fingerprint density at radius 3 is 2.23 bits per heavy atom. The van der Waals surface area contributed by atoms with Crippen molar-refractivity contribution in [2.75, 3.05) is 7.11 Å². The fraction of sp³-hybridized carbons (Fsp3) is 0.667. The van der Waals surface area contributed by atoms with Crippen molar-refractivity contribution in [3.05, 3.63) is 47.3 Å². The largest absolute Gasteiger partial charge is 0.380 e. The van der Waals surface area contributed by atoms with Gasteiger partial charge in [0.05, 0.1) is 6.61 Å². The maximum absolute atomic E-state index is 14.2. The van der Waals surface area contributed by atoms with Gasteiger partial charge in [-0.2, -0.15) is 0 Å². The van der Waals surface area contributed by atoms with Gasteiger partial charge in [0.25, 0.3) is 0 Å². The Labute approximate surface area is 159 Å². The molecule has 2 aliphatic carbocycles. The molecule has 1 aromatic carbocycles. The van der Waals surface area contributed by atoms with Crippen LogP contribution in [-0.4, -0.2) is 7.11 Å². The van der Waals surface area contributed by atoms with Gasteiger partial charge in [-0.05, 0) is 93.1 Å². The summed E-state index contributed by atoms with van der Waals surface area (Å²) in [6, 6.07) is 5.78. The fourth-order valence-electron chi connectivity index (χ4n) is 5.15. The zero-order valence-electron chi connectivity index (χ0n) is 16.6. The minimum absolute atomic E-state index is 0.107. The molecular weight excluding hydrogens is 323 g/mol. The van der Waals surface area contributed by atoms with E-state index in [9.17, 15) is 4.39 Å². The zero-order valence-corrected chi connectivity index (χ0v) is 16.6. The van der Waals surface area contributed by atoms with Crippen LogP contribution in [0.4, 0.5) is 4.39 Å². The van der Waals surface area contributed by atoms with Gasteiger partial charge in [0, 0.05) is 12.7 Å². The molecule has 0 bridgehead atoms. The number of benzene rings is 1. The van der Waals surface area contributed by atoms with Gasteiger partial charge in [-0.25, -0.2) is 4.39 Å². The van der Waals surface area contributed by atoms with Crippen LogP contribution in [-0.2, 0) is 11.3 Å². The van der Waals surface area contributed by atoms with Crippen LogP contribution in [0, 0.1) is 23.6 Å². The van der Waals surface area contributed by atoms with Crippen LogP contribution in [0.1, 0.15) is 81.8 Å². The molecule has 2 aliphatic rings. The molecule has 3 rings (SSSR count). The van der Waals surface area contributed by atoms with E-state index >= 15 is 0 Å². The highest BCUT2D eigenvalue weighted by Crippen LogP contribution is 2.44. The molecule has 2 fully saturated rings. The first-order chi connectivity index (χ1) is 12.7. The summed E-state index contributed by atoms with van der Waals surface area (Å²) in [5, 5.41) is 0. The standard InChI is InChI=1S/C24H35FO/c1-3-4-5-18-6-8-19(9-7-18)20-10-12-21(13-11-20)22-14-15-23(17-26-2)24(25)16-22/h4-5,14-16,18-21H,3,6-13,17H2,1-2H3/b5-4+. The Morgan fingerprint density at radius 1 is 1.00 bits per heavy atom. The van der Waals surface area contributed by atoms with E-state index < -0.39 is 0 Å². The third-order valence-electron chi connectivity index (χ3n) is 6.75. The van der Waals surface area contributed by atoms with Gasteiger partial charge in [0.2, 0.25) is 0 Å². The van der Waals surface area contributed by atoms with Crippen LogP contribution < -0.4 is 0 Å². The van der Waals surface area contributed by atoms with Crippen LogP contribution in [0.5, 0.6) is 0 Å². The molecule has 0 aliphatic heterocycles. The first kappa shape index (κ1) is 19.6. The number of methoxy groups -OCH3 is 1. The number of allylic oxidation sites excluding steroid dienone is 2. The van der Waals surface area contributed by atoms with Gasteiger partial charge >= 0.3 is 0 Å². The Morgan fingerprint density at radius 2 is 1.65 bits per heavy atom. The van der Waals surface area contributed by atoms with Gasteiger partial charge in [-0.1, -0.05) is 31.2 Å². The highest BCUT2D eigenvalue weighted by Gasteiger charge is 2.30. The molecule has 0 heterocycles. The summed E-state index contributed by atoms with van der Waals surface area (Å²) in [5.41, 5.74) is 1.85. The summed E-state index contributed by atoms with van der Waals surface area (Å²) < 4.78 is 19.3. The van der Waals surface area contributed by atoms with Crippen molar-refractivity contribution in [2.24, 2.45) is 17.8 Å². The Bertz CT molecular complexity index is 578. The Balaban J connectivity index is 1.49. The molecule has 1 nitrogen and oxygen atoms in total. The van der Waals surface area contributed by atoms with Crippen LogP contribution >= 0.6 is 0 Å². The predicted octanol–water partition coefficient (Wildman–Crippen LogP) is 7.02. The molecule has 2 saturated carbocycles. The quantitative estimate of drug-likeness (QED) is 0.497. The second-order valence-electron chi connectivity index (χ2n) is 8.41. The van der Waals surface area contributed by atoms with Gasteiger partial charge in [-0.3, -0.25) is 0 Å². The number of hydrogen-bond donors (Lipinski definition) is 0. The van der Waals surface area contributed by atoms with Crippen LogP contribution in [0.2, 0.25) is 0 Å². The number of ether oxygens (including phenoxy) is 1. The van der Waals surface area contributed by atoms with E-state index in [1.807, 2.05) is 6.07 Å². The van der Waals surface area contributed by atoms with E-state index in [1.165, 1.54) is 56.9 Å². The van der Waals surface area contributed by atoms with E-state index in [2.05, 4.69) is 25.1 Å². The number of hydrogen-bond acceptors (Lipinski definition) is 1. The third-order valence-corrected chi connectivity index (χ3v) is 6.75. The number of rotatable bonds is 6. The van der Waals surface area contributed by atoms with Crippen LogP contribution in [0.3, 0.4) is 0 Å². The highest BCUT2D eigenvalue weighted by atomic mass is 19.1. The second-order valence-corrected chi connectivity index (χ2v) is 8.41. The average molecular weight is 359 g/mol. The topological polar surface area (TPSA) is 9.23 Å². The summed E-state index contributed by atoms with van der Waals surface area (Å²) >= 11 is 0. The van der Waals surface area contributed by atoms with Crippen molar-refractivity contribution < 1.29 is 9.13 Å². The van der Waals surface area contributed by atoms with Crippen molar-refractivity contribution in [3.63, 3.8) is 0 Å². The molecule has 0 saturated heterocycles. The molecule has 1 aromatic rings. The Kier molecular flexibility index (Phi) is 7.31. The average Bonchev–Trinajstić information content (AvgIpc) is 2.69. The van der Waals surface area contributed by atoms with E-state index in [1.54, 1.807) is 13.2 Å². The smallest absolute Gasteiger partial charge is 0.129 e. The lowest BCUT2D eigenvalue weighted by molar-refractivity contribution is 0.171. The van der Waals surface area contributed by atoms with Crippen molar-refractivity contribution in [1.82, 2.24) is 0 Å². The molecule has 0 atom stereocenters. The SMILES string of the molecule is CC/C=C/C1CCC(C2CCC(c3ccc(COC)c(F)c3)CC2)CC1. The molecule has 2 heteroatoms. The molecule has 0 aromatic heterocycles. The van der Waals surface area contributed by atoms with Crippen molar-refractivity contribution in [1.29, 1.82) is 0 Å². The monoisotopic (exact) mass is 358 g/mol. The maximum Gasteiger partial charge on any atom is 0.129 e. The zero-order chi connectivity index (χ0) is 18.4. The minimum Gasteiger partial charge on any atom is -0.380 e. The molecular formula is C24H35FO. The van der Waals surface area contributed by atoms with Gasteiger partial charge < -0.3 is 4.74 Å². The van der Waals surface area contributed by atoms with Gasteiger partial charge in [0.15, 0.2) is 0 Å². The Hall–Kier alpha value is -1.15. The minimum atomic E-state index is -0.107. The first-order valence-electron chi connectivity index (χ1n) is 10.6. The number of halogens is 1. The molecule has 0 N–H and O–H groups in total. The molecule has 144 valence electrons. The lowest BCUT2D eigenvalue weighted by atomic mass is 9.68. The normalized spacial score (nSPS) is 30.0. The van der Waals surface area contributed by atoms with E-state index in [0.29, 0.717) is 18.1 Å². The fourth-order valence-corrected chi connectivity index (χ4v) is 5.15. The molecule has 0 unspecified atom stereocenters. The predicted molar refractivity (Wildman–Crippen MR) is 107 cm³/mol. The van der Waals surface area contributed by atoms with Crippen molar-refractivity contribution in [2.45, 2.75) is 77.2 Å². The lowest BCUT2D eigenvalue weighted by Crippen LogP contribution is -2.25. The highest BCUT2D eigenvalue weighted by molar-refractivity contribution is 5.27. The third kappa shape index (κ3) is 4.97. The maximum atomic E-state index is 14.2. The first-order valence-corrected chi connectivity index (χ1v) is 10.6. The lowest BCUT2D eigenvalue weighted by Gasteiger charge is -2.37. The van der Waals surface area contributed by atoms with E-state index in [-0.39, 0.29) is 5.82 Å². The summed E-state index contributed by atoms with van der Waals surface area (Å²) in [6.07, 6.45) is 16.6. The van der Waals surface area contributed by atoms with Gasteiger partial charge in [-0.15, -0.1) is 0 Å². The van der Waals surface area contributed by atoms with E-state index in [0.717, 1.165) is 24.2 Å². The van der Waals surface area contributed by atoms with Crippen molar-refractivity contribution in [3.8, 4) is 0 Å². The summed E-state index contributed by atoms with van der Waals surface area (Å²) in [7, 11) is 1.61. The van der Waals surface area contributed by atoms with Crippen LogP contribution in [0.25, 0.3) is 0 Å².